The van der Waals surface area contributed by atoms with Crippen LogP contribution in [0.5, 0.6) is 0 Å². The van der Waals surface area contributed by atoms with Crippen LogP contribution in [0.15, 0.2) is 21.3 Å². The highest BCUT2D eigenvalue weighted by Gasteiger charge is 2.15. The molecule has 2 heterocycles. The lowest BCUT2D eigenvalue weighted by Gasteiger charge is -2.11. The summed E-state index contributed by atoms with van der Waals surface area (Å²) in [6.45, 7) is 4.87. The Kier molecular flexibility index (Phi) is 4.01. The molecule has 0 amide bonds. The zero-order valence-corrected chi connectivity index (χ0v) is 12.3. The van der Waals surface area contributed by atoms with E-state index < -0.39 is 6.10 Å². The van der Waals surface area contributed by atoms with Crippen LogP contribution in [0.2, 0.25) is 0 Å². The van der Waals surface area contributed by atoms with Crippen molar-refractivity contribution in [2.45, 2.75) is 32.9 Å². The number of aryl methyl sites for hydroxylation is 2. The van der Waals surface area contributed by atoms with Crippen molar-refractivity contribution in [3.05, 3.63) is 38.3 Å². The lowest BCUT2D eigenvalue weighted by molar-refractivity contribution is 0.175. The molecule has 17 heavy (non-hydrogen) atoms. The predicted octanol–water partition coefficient (Wildman–Crippen LogP) is 3.31. The molecule has 0 spiro atoms. The van der Waals surface area contributed by atoms with Gasteiger partial charge in [-0.1, -0.05) is 0 Å². The van der Waals surface area contributed by atoms with Gasteiger partial charge in [-0.2, -0.15) is 16.4 Å². The molecule has 0 bridgehead atoms. The molecule has 2 aromatic rings. The third-order valence-electron chi connectivity index (χ3n) is 2.69. The number of thiophene rings is 1. The van der Waals surface area contributed by atoms with Crippen molar-refractivity contribution in [3.63, 3.8) is 0 Å². The van der Waals surface area contributed by atoms with Gasteiger partial charge in [0.25, 0.3) is 0 Å². The van der Waals surface area contributed by atoms with Crippen LogP contribution in [-0.4, -0.2) is 14.9 Å². The van der Waals surface area contributed by atoms with Gasteiger partial charge >= 0.3 is 0 Å². The topological polar surface area (TPSA) is 38.0 Å². The van der Waals surface area contributed by atoms with E-state index in [0.717, 1.165) is 28.0 Å². The van der Waals surface area contributed by atoms with Crippen molar-refractivity contribution < 1.29 is 5.11 Å². The Morgan fingerprint density at radius 2 is 2.29 bits per heavy atom. The minimum Gasteiger partial charge on any atom is -0.388 e. The second-order valence-corrected chi connectivity index (χ2v) is 5.59. The maximum Gasteiger partial charge on any atom is 0.0864 e. The van der Waals surface area contributed by atoms with Gasteiger partial charge < -0.3 is 5.11 Å². The minimum absolute atomic E-state index is 0.475. The summed E-state index contributed by atoms with van der Waals surface area (Å²) in [7, 11) is 0. The first kappa shape index (κ1) is 12.8. The number of hydrogen-bond acceptors (Lipinski definition) is 3. The minimum atomic E-state index is -0.475. The first-order chi connectivity index (χ1) is 8.11. The Bertz CT molecular complexity index is 506. The van der Waals surface area contributed by atoms with E-state index in [1.807, 2.05) is 28.4 Å². The van der Waals surface area contributed by atoms with Crippen LogP contribution >= 0.6 is 27.3 Å². The Morgan fingerprint density at radius 1 is 1.53 bits per heavy atom. The first-order valence-corrected chi connectivity index (χ1v) is 7.28. The Hall–Kier alpha value is -0.650. The molecule has 0 saturated heterocycles. The van der Waals surface area contributed by atoms with Gasteiger partial charge in [0.05, 0.1) is 11.8 Å². The van der Waals surface area contributed by atoms with Crippen molar-refractivity contribution in [2.75, 3.05) is 0 Å². The Labute approximate surface area is 113 Å². The molecule has 1 N–H and O–H groups in total. The monoisotopic (exact) mass is 314 g/mol. The highest BCUT2D eigenvalue weighted by molar-refractivity contribution is 9.10. The molecule has 1 atom stereocenters. The van der Waals surface area contributed by atoms with Gasteiger partial charge in [-0.3, -0.25) is 4.68 Å². The highest BCUT2D eigenvalue weighted by atomic mass is 79.9. The maximum absolute atomic E-state index is 10.2. The van der Waals surface area contributed by atoms with Crippen molar-refractivity contribution in [3.8, 4) is 0 Å². The lowest BCUT2D eigenvalue weighted by Crippen LogP contribution is -2.08. The third kappa shape index (κ3) is 2.78. The molecule has 0 aromatic carbocycles. The second-order valence-electron chi connectivity index (χ2n) is 3.99. The van der Waals surface area contributed by atoms with Crippen LogP contribution in [0.25, 0.3) is 0 Å². The molecule has 2 aromatic heterocycles. The zero-order chi connectivity index (χ0) is 12.4. The quantitative estimate of drug-likeness (QED) is 0.940. The van der Waals surface area contributed by atoms with Crippen molar-refractivity contribution in [1.29, 1.82) is 0 Å². The normalized spacial score (nSPS) is 12.9. The van der Waals surface area contributed by atoms with Gasteiger partial charge in [0.2, 0.25) is 0 Å². The number of hydrogen-bond donors (Lipinski definition) is 1. The molecule has 0 radical (unpaired) electrons. The molecule has 0 aliphatic carbocycles. The maximum atomic E-state index is 10.2. The molecule has 0 saturated carbocycles. The SMILES string of the molecule is CCn1nc(C)cc1CC(O)c1cscc1Br. The summed E-state index contributed by atoms with van der Waals surface area (Å²) in [5.41, 5.74) is 3.03. The Morgan fingerprint density at radius 3 is 2.88 bits per heavy atom. The number of nitrogens with zero attached hydrogens (tertiary/aromatic N) is 2. The van der Waals surface area contributed by atoms with Crippen LogP contribution in [0.1, 0.15) is 30.0 Å². The fraction of sp³-hybridized carbons (Fsp3) is 0.417. The van der Waals surface area contributed by atoms with E-state index in [9.17, 15) is 5.11 Å². The van der Waals surface area contributed by atoms with E-state index >= 15 is 0 Å². The summed E-state index contributed by atoms with van der Waals surface area (Å²) in [5, 5.41) is 18.6. The van der Waals surface area contributed by atoms with E-state index in [1.165, 1.54) is 0 Å². The van der Waals surface area contributed by atoms with Gasteiger partial charge in [-0.25, -0.2) is 0 Å². The Balaban J connectivity index is 2.18. The molecule has 0 aliphatic heterocycles. The third-order valence-corrected chi connectivity index (χ3v) is 4.44. The summed E-state index contributed by atoms with van der Waals surface area (Å²) in [6, 6.07) is 2.03. The van der Waals surface area contributed by atoms with Gasteiger partial charge in [0, 0.05) is 34.1 Å². The van der Waals surface area contributed by atoms with Gasteiger partial charge in [0.1, 0.15) is 0 Å². The lowest BCUT2D eigenvalue weighted by atomic mass is 10.1. The number of rotatable bonds is 4. The van der Waals surface area contributed by atoms with Crippen molar-refractivity contribution in [1.82, 2.24) is 9.78 Å². The largest absolute Gasteiger partial charge is 0.388 e. The molecule has 0 aliphatic rings. The van der Waals surface area contributed by atoms with Gasteiger partial charge in [0.15, 0.2) is 0 Å². The van der Waals surface area contributed by atoms with Crippen LogP contribution in [0, 0.1) is 6.92 Å². The fourth-order valence-corrected chi connectivity index (χ4v) is 3.48. The molecule has 5 heteroatoms. The van der Waals surface area contributed by atoms with Crippen molar-refractivity contribution >= 4 is 27.3 Å². The summed E-state index contributed by atoms with van der Waals surface area (Å²) < 4.78 is 2.92. The van der Waals surface area contributed by atoms with Crippen molar-refractivity contribution in [2.24, 2.45) is 0 Å². The van der Waals surface area contributed by atoms with Crippen LogP contribution < -0.4 is 0 Å². The first-order valence-electron chi connectivity index (χ1n) is 5.54. The summed E-state index contributed by atoms with van der Waals surface area (Å²) in [6.07, 6.45) is 0.126. The van der Waals surface area contributed by atoms with Crippen LogP contribution in [0.4, 0.5) is 0 Å². The molecular formula is C12H15BrN2OS. The highest BCUT2D eigenvalue weighted by Crippen LogP contribution is 2.29. The molecule has 1 unspecified atom stereocenters. The van der Waals surface area contributed by atoms with E-state index in [0.29, 0.717) is 6.42 Å². The van der Waals surface area contributed by atoms with E-state index in [-0.39, 0.29) is 0 Å². The number of aliphatic hydroxyl groups is 1. The zero-order valence-electron chi connectivity index (χ0n) is 9.85. The van der Waals surface area contributed by atoms with Gasteiger partial charge in [-0.15, -0.1) is 0 Å². The summed E-state index contributed by atoms with van der Waals surface area (Å²) >= 11 is 5.04. The van der Waals surface area contributed by atoms with E-state index in [4.69, 9.17) is 0 Å². The number of aromatic nitrogens is 2. The number of halogens is 1. The molecule has 92 valence electrons. The second kappa shape index (κ2) is 5.33. The molecule has 2 rings (SSSR count). The standard InChI is InChI=1S/C12H15BrN2OS/c1-3-15-9(4-8(2)14-15)5-12(16)10-6-17-7-11(10)13/h4,6-7,12,16H,3,5H2,1-2H3. The molecule has 3 nitrogen and oxygen atoms in total. The summed E-state index contributed by atoms with van der Waals surface area (Å²) in [4.78, 5) is 0. The smallest absolute Gasteiger partial charge is 0.0864 e. The number of aliphatic hydroxyl groups excluding tert-OH is 1. The average Bonchev–Trinajstić information content (AvgIpc) is 2.84. The van der Waals surface area contributed by atoms with Gasteiger partial charge in [-0.05, 0) is 41.2 Å². The van der Waals surface area contributed by atoms with Crippen LogP contribution in [0.3, 0.4) is 0 Å². The van der Waals surface area contributed by atoms with E-state index in [1.54, 1.807) is 11.3 Å². The fourth-order valence-electron chi connectivity index (χ4n) is 1.87. The summed E-state index contributed by atoms with van der Waals surface area (Å²) in [5.74, 6) is 0. The average molecular weight is 315 g/mol. The molecule has 0 fully saturated rings. The predicted molar refractivity (Wildman–Crippen MR) is 73.3 cm³/mol. The van der Waals surface area contributed by atoms with E-state index in [2.05, 4.69) is 28.0 Å². The van der Waals surface area contributed by atoms with Crippen LogP contribution in [-0.2, 0) is 13.0 Å². The molecular weight excluding hydrogens is 300 g/mol.